The number of fused-ring (bicyclic) bond motifs is 1. The second-order valence-corrected chi connectivity index (χ2v) is 9.98. The van der Waals surface area contributed by atoms with Crippen LogP contribution in [0.2, 0.25) is 0 Å². The minimum atomic E-state index is -0.340. The van der Waals surface area contributed by atoms with Crippen LogP contribution in [0, 0.1) is 13.8 Å². The van der Waals surface area contributed by atoms with Crippen LogP contribution in [0.4, 0.5) is 5.69 Å². The average molecular weight is 504 g/mol. The predicted octanol–water partition coefficient (Wildman–Crippen LogP) is 3.26. The first-order chi connectivity index (χ1) is 17.4. The molecule has 4 aromatic rings. The molecule has 0 unspecified atom stereocenters. The summed E-state index contributed by atoms with van der Waals surface area (Å²) in [6.45, 7) is 7.20. The second-order valence-electron chi connectivity index (χ2n) is 9.14. The Morgan fingerprint density at radius 2 is 1.81 bits per heavy atom. The number of hydrogen-bond donors (Lipinski definition) is 0. The lowest BCUT2D eigenvalue weighted by Crippen LogP contribution is -2.49. The number of benzene rings is 2. The van der Waals surface area contributed by atoms with Crippen molar-refractivity contribution in [2.24, 2.45) is 0 Å². The van der Waals surface area contributed by atoms with Crippen LogP contribution in [0.15, 0.2) is 52.6 Å². The van der Waals surface area contributed by atoms with Crippen LogP contribution in [-0.2, 0) is 17.6 Å². The molecule has 0 aliphatic carbocycles. The molecule has 1 saturated heterocycles. The molecule has 186 valence electrons. The Hall–Kier alpha value is -3.72. The summed E-state index contributed by atoms with van der Waals surface area (Å²) in [5.41, 5.74) is 5.46. The second kappa shape index (κ2) is 10.1. The van der Waals surface area contributed by atoms with Crippen molar-refractivity contribution < 1.29 is 9.53 Å². The Bertz CT molecular complexity index is 1450. The summed E-state index contributed by atoms with van der Waals surface area (Å²) in [5.74, 6) is 0.817. The number of carbonyl (C=O) groups excluding carboxylic acids is 1. The number of piperazine rings is 1. The van der Waals surface area contributed by atoms with Crippen LogP contribution in [0.25, 0.3) is 4.96 Å². The van der Waals surface area contributed by atoms with Gasteiger partial charge < -0.3 is 14.5 Å². The first kappa shape index (κ1) is 24.0. The maximum absolute atomic E-state index is 13.1. The predicted molar refractivity (Wildman–Crippen MR) is 141 cm³/mol. The van der Waals surface area contributed by atoms with Gasteiger partial charge in [0.15, 0.2) is 0 Å². The molecule has 2 aromatic heterocycles. The maximum atomic E-state index is 13.1. The third-order valence-corrected chi connectivity index (χ3v) is 7.47. The lowest BCUT2D eigenvalue weighted by atomic mass is 10.1. The van der Waals surface area contributed by atoms with Gasteiger partial charge in [0.05, 0.1) is 19.2 Å². The third kappa shape index (κ3) is 4.97. The van der Waals surface area contributed by atoms with E-state index < -0.39 is 0 Å². The molecule has 0 N–H and O–H groups in total. The van der Waals surface area contributed by atoms with Crippen molar-refractivity contribution in [3.63, 3.8) is 0 Å². The minimum Gasteiger partial charge on any atom is -0.497 e. The van der Waals surface area contributed by atoms with E-state index in [0.29, 0.717) is 30.2 Å². The van der Waals surface area contributed by atoms with Gasteiger partial charge in [-0.3, -0.25) is 9.59 Å². The number of methoxy groups -OCH3 is 1. The number of ether oxygens (including phenoxy) is 1. The molecule has 1 fully saturated rings. The summed E-state index contributed by atoms with van der Waals surface area (Å²) in [6, 6.07) is 14.0. The number of aromatic nitrogens is 3. The van der Waals surface area contributed by atoms with Crippen molar-refractivity contribution in [2.75, 3.05) is 38.2 Å². The molecule has 9 heteroatoms. The van der Waals surface area contributed by atoms with Crippen LogP contribution >= 0.6 is 11.3 Å². The molecule has 5 rings (SSSR count). The van der Waals surface area contributed by atoms with E-state index in [9.17, 15) is 9.59 Å². The lowest BCUT2D eigenvalue weighted by molar-refractivity contribution is -0.130. The molecule has 1 aliphatic heterocycles. The van der Waals surface area contributed by atoms with Crippen molar-refractivity contribution in [1.82, 2.24) is 19.5 Å². The molecule has 1 aliphatic rings. The molecule has 0 saturated carbocycles. The monoisotopic (exact) mass is 503 g/mol. The van der Waals surface area contributed by atoms with Gasteiger partial charge in [0.1, 0.15) is 11.4 Å². The highest BCUT2D eigenvalue weighted by Gasteiger charge is 2.23. The molecule has 36 heavy (non-hydrogen) atoms. The van der Waals surface area contributed by atoms with E-state index in [1.165, 1.54) is 28.2 Å². The molecule has 1 amide bonds. The SMILES string of the molecule is COc1ccc(Cc2nn3c(CC(=O)N4CCN(c5ccc(C)cc5C)CC4)csc3nc2=O)cc1. The van der Waals surface area contributed by atoms with Gasteiger partial charge in [0.2, 0.25) is 10.9 Å². The average Bonchev–Trinajstić information content (AvgIpc) is 3.26. The summed E-state index contributed by atoms with van der Waals surface area (Å²) >= 11 is 1.33. The van der Waals surface area contributed by atoms with Gasteiger partial charge in [0, 0.05) is 43.7 Å². The van der Waals surface area contributed by atoms with E-state index in [1.807, 2.05) is 34.5 Å². The molecular weight excluding hydrogens is 474 g/mol. The fourth-order valence-corrected chi connectivity index (χ4v) is 5.45. The Balaban J connectivity index is 1.27. The number of rotatable bonds is 6. The summed E-state index contributed by atoms with van der Waals surface area (Å²) in [6.07, 6.45) is 0.589. The van der Waals surface area contributed by atoms with E-state index >= 15 is 0 Å². The van der Waals surface area contributed by atoms with Crippen molar-refractivity contribution in [2.45, 2.75) is 26.7 Å². The zero-order valence-corrected chi connectivity index (χ0v) is 21.5. The number of thiazole rings is 1. The van der Waals surface area contributed by atoms with Gasteiger partial charge in [-0.25, -0.2) is 4.52 Å². The minimum absolute atomic E-state index is 0.0622. The van der Waals surface area contributed by atoms with Gasteiger partial charge in [-0.1, -0.05) is 29.8 Å². The largest absolute Gasteiger partial charge is 0.497 e. The Kier molecular flexibility index (Phi) is 6.73. The standard InChI is InChI=1S/C27H29N5O3S/c1-18-4-9-24(19(2)14-18)30-10-12-31(13-11-30)25(33)16-21-17-36-27-28-26(34)23(29-32(21)27)15-20-5-7-22(35-3)8-6-20/h4-9,14,17H,10-13,15-16H2,1-3H3. The Morgan fingerprint density at radius 3 is 2.50 bits per heavy atom. The van der Waals surface area contributed by atoms with Gasteiger partial charge in [0.25, 0.3) is 5.56 Å². The summed E-state index contributed by atoms with van der Waals surface area (Å²) in [4.78, 5) is 34.7. The molecule has 8 nitrogen and oxygen atoms in total. The molecule has 2 aromatic carbocycles. The molecule has 3 heterocycles. The zero-order chi connectivity index (χ0) is 25.2. The third-order valence-electron chi connectivity index (χ3n) is 6.61. The van der Waals surface area contributed by atoms with Gasteiger partial charge in [-0.05, 0) is 43.2 Å². The molecule has 0 bridgehead atoms. The van der Waals surface area contributed by atoms with Crippen molar-refractivity contribution >= 4 is 27.9 Å². The van der Waals surface area contributed by atoms with E-state index in [4.69, 9.17) is 4.74 Å². The van der Waals surface area contributed by atoms with Crippen LogP contribution in [0.3, 0.4) is 0 Å². The van der Waals surface area contributed by atoms with E-state index in [1.54, 1.807) is 11.6 Å². The number of nitrogens with zero attached hydrogens (tertiary/aromatic N) is 5. The van der Waals surface area contributed by atoms with Gasteiger partial charge >= 0.3 is 0 Å². The summed E-state index contributed by atoms with van der Waals surface area (Å²) in [5, 5.41) is 6.45. The highest BCUT2D eigenvalue weighted by atomic mass is 32.1. The lowest BCUT2D eigenvalue weighted by Gasteiger charge is -2.37. The smallest absolute Gasteiger partial charge is 0.296 e. The zero-order valence-electron chi connectivity index (χ0n) is 20.7. The Labute approximate surface area is 213 Å². The van der Waals surface area contributed by atoms with E-state index in [-0.39, 0.29) is 17.9 Å². The molecular formula is C27H29N5O3S. The fourth-order valence-electron chi connectivity index (χ4n) is 4.63. The topological polar surface area (TPSA) is 80.0 Å². The van der Waals surface area contributed by atoms with E-state index in [2.05, 4.69) is 47.0 Å². The number of carbonyl (C=O) groups is 1. The summed E-state index contributed by atoms with van der Waals surface area (Å²) < 4.78 is 6.85. The normalized spacial score (nSPS) is 13.9. The first-order valence-electron chi connectivity index (χ1n) is 12.0. The van der Waals surface area contributed by atoms with Gasteiger partial charge in [-0.15, -0.1) is 11.3 Å². The quantitative estimate of drug-likeness (QED) is 0.402. The van der Waals surface area contributed by atoms with E-state index in [0.717, 1.165) is 30.1 Å². The number of aryl methyl sites for hydroxylation is 2. The van der Waals surface area contributed by atoms with Crippen LogP contribution in [0.5, 0.6) is 5.75 Å². The maximum Gasteiger partial charge on any atom is 0.296 e. The van der Waals surface area contributed by atoms with Crippen molar-refractivity contribution in [3.05, 3.63) is 86.3 Å². The van der Waals surface area contributed by atoms with Crippen molar-refractivity contribution in [1.29, 1.82) is 0 Å². The number of amides is 1. The molecule has 0 spiro atoms. The highest BCUT2D eigenvalue weighted by molar-refractivity contribution is 7.15. The number of hydrogen-bond acceptors (Lipinski definition) is 7. The first-order valence-corrected chi connectivity index (χ1v) is 12.9. The molecule has 0 atom stereocenters. The highest BCUT2D eigenvalue weighted by Crippen LogP contribution is 2.23. The molecule has 0 radical (unpaired) electrons. The van der Waals surface area contributed by atoms with Gasteiger partial charge in [-0.2, -0.15) is 10.1 Å². The van der Waals surface area contributed by atoms with Crippen LogP contribution < -0.4 is 15.2 Å². The summed E-state index contributed by atoms with van der Waals surface area (Å²) in [7, 11) is 1.62. The number of anilines is 1. The van der Waals surface area contributed by atoms with Crippen molar-refractivity contribution in [3.8, 4) is 5.75 Å². The van der Waals surface area contributed by atoms with Crippen LogP contribution in [0.1, 0.15) is 28.1 Å². The van der Waals surface area contributed by atoms with Crippen LogP contribution in [-0.4, -0.2) is 58.7 Å². The fraction of sp³-hybridized carbons (Fsp3) is 0.333. The Morgan fingerprint density at radius 1 is 1.06 bits per heavy atom.